The van der Waals surface area contributed by atoms with Crippen molar-refractivity contribution in [3.8, 4) is 44.8 Å². The Hall–Kier alpha value is -5.06. The highest BCUT2D eigenvalue weighted by molar-refractivity contribution is 6.31. The Balaban J connectivity index is 0.000000168. The molecule has 0 saturated heterocycles. The lowest BCUT2D eigenvalue weighted by molar-refractivity contribution is 0.621. The maximum Gasteiger partial charge on any atom is 0.251 e. The predicted octanol–water partition coefficient (Wildman–Crippen LogP) is 6.58. The molecule has 6 rings (SSSR count). The van der Waals surface area contributed by atoms with Crippen LogP contribution >= 0.6 is 23.2 Å². The second kappa shape index (κ2) is 12.6. The summed E-state index contributed by atoms with van der Waals surface area (Å²) in [5.41, 5.74) is 4.22. The van der Waals surface area contributed by atoms with E-state index in [2.05, 4.69) is 29.9 Å². The number of hydrogen-bond donors (Lipinski definition) is 2. The number of nitrogens with zero attached hydrogens (tertiary/aromatic N) is 4. The molecule has 0 aliphatic rings. The van der Waals surface area contributed by atoms with E-state index in [1.165, 1.54) is 36.9 Å². The van der Waals surface area contributed by atoms with E-state index >= 15 is 0 Å². The summed E-state index contributed by atoms with van der Waals surface area (Å²) >= 11 is 12.0. The molecule has 208 valence electrons. The van der Waals surface area contributed by atoms with Gasteiger partial charge in [-0.25, -0.2) is 18.7 Å². The first-order chi connectivity index (χ1) is 20.3. The van der Waals surface area contributed by atoms with Gasteiger partial charge >= 0.3 is 0 Å². The van der Waals surface area contributed by atoms with Gasteiger partial charge in [0.05, 0.1) is 36.4 Å². The van der Waals surface area contributed by atoms with Crippen molar-refractivity contribution in [2.75, 3.05) is 0 Å². The number of benzene rings is 2. The van der Waals surface area contributed by atoms with Gasteiger partial charge in [0.2, 0.25) is 0 Å². The Kier molecular flexibility index (Phi) is 8.56. The molecule has 0 radical (unpaired) electrons. The van der Waals surface area contributed by atoms with E-state index in [4.69, 9.17) is 23.2 Å². The quantitative estimate of drug-likeness (QED) is 0.235. The molecule has 8 nitrogen and oxygen atoms in total. The van der Waals surface area contributed by atoms with Crippen LogP contribution in [0, 0.1) is 11.6 Å². The van der Waals surface area contributed by atoms with Crippen LogP contribution in [0.2, 0.25) is 10.0 Å². The number of aromatic nitrogens is 6. The minimum Gasteiger partial charge on any atom is -0.313 e. The first-order valence-electron chi connectivity index (χ1n) is 12.2. The molecule has 4 heterocycles. The topological polar surface area (TPSA) is 117 Å². The maximum absolute atomic E-state index is 13.4. The molecule has 0 bridgehead atoms. The molecule has 0 fully saturated rings. The Morgan fingerprint density at radius 2 is 0.976 bits per heavy atom. The van der Waals surface area contributed by atoms with Gasteiger partial charge in [0, 0.05) is 56.8 Å². The van der Waals surface area contributed by atoms with Crippen LogP contribution in [0.5, 0.6) is 0 Å². The van der Waals surface area contributed by atoms with Crippen LogP contribution in [-0.2, 0) is 0 Å². The van der Waals surface area contributed by atoms with Crippen LogP contribution in [0.3, 0.4) is 0 Å². The van der Waals surface area contributed by atoms with Gasteiger partial charge < -0.3 is 9.97 Å². The number of nitrogens with one attached hydrogen (secondary N) is 2. The second-order valence-corrected chi connectivity index (χ2v) is 9.63. The fourth-order valence-corrected chi connectivity index (χ4v) is 4.45. The number of hydrogen-bond acceptors (Lipinski definition) is 6. The van der Waals surface area contributed by atoms with Crippen molar-refractivity contribution in [3.05, 3.63) is 140 Å². The molecule has 0 aliphatic carbocycles. The van der Waals surface area contributed by atoms with E-state index in [1.54, 1.807) is 48.8 Å². The standard InChI is InChI=1S/2C15H9ClFN3O/c2*16-10-1-2-12(9-3-11(17)7-18-6-9)13(4-10)14-5-15(21)20-8-19-14/h2*1-8H,(H,19,20,21). The van der Waals surface area contributed by atoms with Crippen LogP contribution in [-0.4, -0.2) is 29.9 Å². The highest BCUT2D eigenvalue weighted by atomic mass is 35.5. The third-order valence-corrected chi connectivity index (χ3v) is 6.37. The molecule has 2 aromatic carbocycles. The zero-order chi connectivity index (χ0) is 29.6. The normalized spacial score (nSPS) is 10.6. The number of halogens is 4. The van der Waals surface area contributed by atoms with Gasteiger partial charge in [0.1, 0.15) is 11.6 Å². The van der Waals surface area contributed by atoms with Crippen molar-refractivity contribution in [1.29, 1.82) is 0 Å². The Morgan fingerprint density at radius 1 is 0.548 bits per heavy atom. The average molecular weight is 603 g/mol. The van der Waals surface area contributed by atoms with Gasteiger partial charge in [-0.3, -0.25) is 19.6 Å². The Morgan fingerprint density at radius 3 is 1.36 bits per heavy atom. The van der Waals surface area contributed by atoms with E-state index in [9.17, 15) is 18.4 Å². The highest BCUT2D eigenvalue weighted by Crippen LogP contribution is 2.34. The van der Waals surface area contributed by atoms with Crippen molar-refractivity contribution in [2.45, 2.75) is 0 Å². The first-order valence-corrected chi connectivity index (χ1v) is 12.9. The summed E-state index contributed by atoms with van der Waals surface area (Å²) in [6.07, 6.45) is 7.97. The van der Waals surface area contributed by atoms with E-state index < -0.39 is 11.6 Å². The predicted molar refractivity (Wildman–Crippen MR) is 157 cm³/mol. The number of aromatic amines is 2. The lowest BCUT2D eigenvalue weighted by atomic mass is 9.98. The molecule has 0 atom stereocenters. The van der Waals surface area contributed by atoms with Gasteiger partial charge in [-0.2, -0.15) is 0 Å². The lowest BCUT2D eigenvalue weighted by Crippen LogP contribution is -2.04. The first kappa shape index (κ1) is 28.5. The SMILES string of the molecule is O=c1cc(-c2cc(Cl)ccc2-c2cncc(F)c2)nc[nH]1.O=c1cc(-c2cc(Cl)ccc2-c2cncc(F)c2)nc[nH]1. The van der Waals surface area contributed by atoms with Crippen LogP contribution in [0.15, 0.2) is 108 Å². The van der Waals surface area contributed by atoms with Crippen molar-refractivity contribution in [1.82, 2.24) is 29.9 Å². The molecule has 0 unspecified atom stereocenters. The molecular formula is C30H18Cl2F2N6O2. The molecule has 2 N–H and O–H groups in total. The van der Waals surface area contributed by atoms with Crippen molar-refractivity contribution in [3.63, 3.8) is 0 Å². The minimum absolute atomic E-state index is 0.275. The largest absolute Gasteiger partial charge is 0.313 e. The Bertz CT molecular complexity index is 1870. The molecule has 0 saturated carbocycles. The molecule has 0 aliphatic heterocycles. The molecule has 0 spiro atoms. The molecule has 12 heteroatoms. The molecule has 4 aromatic heterocycles. The van der Waals surface area contributed by atoms with E-state index in [-0.39, 0.29) is 11.1 Å². The van der Waals surface area contributed by atoms with Crippen LogP contribution in [0.4, 0.5) is 8.78 Å². The summed E-state index contributed by atoms with van der Waals surface area (Å²) in [6.45, 7) is 0. The van der Waals surface area contributed by atoms with Gasteiger partial charge in [0.25, 0.3) is 11.1 Å². The average Bonchev–Trinajstić information content (AvgIpc) is 2.97. The van der Waals surface area contributed by atoms with E-state index in [0.717, 1.165) is 12.4 Å². The number of H-pyrrole nitrogens is 2. The fraction of sp³-hybridized carbons (Fsp3) is 0. The summed E-state index contributed by atoms with van der Waals surface area (Å²) in [6, 6.07) is 15.7. The van der Waals surface area contributed by atoms with Gasteiger partial charge in [-0.15, -0.1) is 0 Å². The van der Waals surface area contributed by atoms with Crippen molar-refractivity contribution < 1.29 is 8.78 Å². The highest BCUT2D eigenvalue weighted by Gasteiger charge is 2.12. The van der Waals surface area contributed by atoms with Crippen LogP contribution in [0.25, 0.3) is 44.8 Å². The fourth-order valence-electron chi connectivity index (χ4n) is 4.11. The smallest absolute Gasteiger partial charge is 0.251 e. The number of rotatable bonds is 4. The number of pyridine rings is 2. The van der Waals surface area contributed by atoms with Crippen LogP contribution < -0.4 is 11.1 Å². The zero-order valence-corrected chi connectivity index (χ0v) is 22.9. The van der Waals surface area contributed by atoms with E-state index in [1.807, 2.05) is 0 Å². The summed E-state index contributed by atoms with van der Waals surface area (Å²) in [4.78, 5) is 43.7. The van der Waals surface area contributed by atoms with E-state index in [0.29, 0.717) is 54.8 Å². The second-order valence-electron chi connectivity index (χ2n) is 8.76. The van der Waals surface area contributed by atoms with Gasteiger partial charge in [0.15, 0.2) is 0 Å². The zero-order valence-electron chi connectivity index (χ0n) is 21.4. The van der Waals surface area contributed by atoms with Crippen LogP contribution in [0.1, 0.15) is 0 Å². The summed E-state index contributed by atoms with van der Waals surface area (Å²) in [5, 5.41) is 1.00. The third kappa shape index (κ3) is 6.80. The lowest BCUT2D eigenvalue weighted by Gasteiger charge is -2.09. The molecule has 42 heavy (non-hydrogen) atoms. The maximum atomic E-state index is 13.4. The minimum atomic E-state index is -0.438. The Labute approximate surface area is 246 Å². The van der Waals surface area contributed by atoms with Gasteiger partial charge in [-0.1, -0.05) is 35.3 Å². The monoisotopic (exact) mass is 602 g/mol. The summed E-state index contributed by atoms with van der Waals surface area (Å²) in [5.74, 6) is -0.875. The molecular weight excluding hydrogens is 585 g/mol. The van der Waals surface area contributed by atoms with Gasteiger partial charge in [-0.05, 0) is 47.5 Å². The van der Waals surface area contributed by atoms with Crippen molar-refractivity contribution >= 4 is 23.2 Å². The van der Waals surface area contributed by atoms with Crippen molar-refractivity contribution in [2.24, 2.45) is 0 Å². The molecule has 0 amide bonds. The molecule has 6 aromatic rings. The third-order valence-electron chi connectivity index (χ3n) is 5.90. The summed E-state index contributed by atoms with van der Waals surface area (Å²) in [7, 11) is 0. The summed E-state index contributed by atoms with van der Waals surface area (Å²) < 4.78 is 26.7.